The zero-order chi connectivity index (χ0) is 19.7. The molecule has 0 saturated carbocycles. The largest absolute Gasteiger partial charge is 0.493 e. The average molecular weight is 382 g/mol. The fraction of sp³-hybridized carbons (Fsp3) is 0.318. The lowest BCUT2D eigenvalue weighted by Gasteiger charge is -2.24. The van der Waals surface area contributed by atoms with Crippen molar-refractivity contribution in [2.45, 2.75) is 31.7 Å². The summed E-state index contributed by atoms with van der Waals surface area (Å²) >= 11 is 0. The Kier molecular flexibility index (Phi) is 4.94. The third-order valence-corrected chi connectivity index (χ3v) is 5.32. The van der Waals surface area contributed by atoms with Crippen LogP contribution in [0, 0.1) is 5.82 Å². The van der Waals surface area contributed by atoms with Gasteiger partial charge in [0.05, 0.1) is 26.7 Å². The first kappa shape index (κ1) is 18.3. The number of ether oxygens (including phenoxy) is 2. The van der Waals surface area contributed by atoms with Crippen LogP contribution in [-0.4, -0.2) is 25.1 Å². The van der Waals surface area contributed by atoms with Crippen molar-refractivity contribution in [1.82, 2.24) is 10.3 Å². The monoisotopic (exact) mass is 382 g/mol. The van der Waals surface area contributed by atoms with Gasteiger partial charge in [-0.05, 0) is 60.7 Å². The van der Waals surface area contributed by atoms with E-state index in [-0.39, 0.29) is 24.2 Å². The number of carbonyl (C=O) groups excluding carboxylic acids is 1. The van der Waals surface area contributed by atoms with E-state index in [2.05, 4.69) is 10.3 Å². The van der Waals surface area contributed by atoms with Gasteiger partial charge in [0.25, 0.3) is 0 Å². The number of aromatic amines is 1. The lowest BCUT2D eigenvalue weighted by atomic mass is 9.91. The smallest absolute Gasteiger partial charge is 0.224 e. The van der Waals surface area contributed by atoms with Crippen LogP contribution < -0.4 is 14.8 Å². The Hall–Kier alpha value is -3.02. The Morgan fingerprint density at radius 3 is 2.79 bits per heavy atom. The zero-order valence-corrected chi connectivity index (χ0v) is 16.0. The Morgan fingerprint density at radius 2 is 2.00 bits per heavy atom. The van der Waals surface area contributed by atoms with Crippen LogP contribution in [0.4, 0.5) is 4.39 Å². The molecule has 1 amide bonds. The van der Waals surface area contributed by atoms with E-state index in [4.69, 9.17) is 9.47 Å². The molecule has 146 valence electrons. The lowest BCUT2D eigenvalue weighted by molar-refractivity contribution is -0.121. The fourth-order valence-electron chi connectivity index (χ4n) is 4.00. The van der Waals surface area contributed by atoms with Gasteiger partial charge in [-0.1, -0.05) is 6.07 Å². The molecule has 6 heteroatoms. The highest BCUT2D eigenvalue weighted by atomic mass is 19.1. The van der Waals surface area contributed by atoms with E-state index in [9.17, 15) is 9.18 Å². The second kappa shape index (κ2) is 7.54. The van der Waals surface area contributed by atoms with Gasteiger partial charge in [-0.15, -0.1) is 0 Å². The summed E-state index contributed by atoms with van der Waals surface area (Å²) in [4.78, 5) is 16.0. The van der Waals surface area contributed by atoms with Crippen molar-refractivity contribution in [2.75, 3.05) is 14.2 Å². The van der Waals surface area contributed by atoms with Gasteiger partial charge in [0, 0.05) is 16.6 Å². The van der Waals surface area contributed by atoms with Crippen LogP contribution in [0.15, 0.2) is 36.4 Å². The fourth-order valence-corrected chi connectivity index (χ4v) is 4.00. The van der Waals surface area contributed by atoms with E-state index in [1.54, 1.807) is 32.4 Å². The lowest BCUT2D eigenvalue weighted by Crippen LogP contribution is -2.32. The second-order valence-corrected chi connectivity index (χ2v) is 7.09. The molecule has 0 saturated heterocycles. The van der Waals surface area contributed by atoms with Crippen molar-refractivity contribution in [3.05, 3.63) is 59.0 Å². The normalized spacial score (nSPS) is 15.9. The van der Waals surface area contributed by atoms with Gasteiger partial charge in [0.15, 0.2) is 11.5 Å². The van der Waals surface area contributed by atoms with Crippen molar-refractivity contribution in [3.8, 4) is 11.5 Å². The van der Waals surface area contributed by atoms with Crippen molar-refractivity contribution in [3.63, 3.8) is 0 Å². The number of nitrogens with one attached hydrogen (secondary N) is 2. The van der Waals surface area contributed by atoms with Gasteiger partial charge in [-0.2, -0.15) is 0 Å². The number of rotatable bonds is 5. The summed E-state index contributed by atoms with van der Waals surface area (Å²) in [6.07, 6.45) is 2.96. The molecule has 4 rings (SSSR count). The first-order chi connectivity index (χ1) is 13.6. The van der Waals surface area contributed by atoms with Crippen LogP contribution >= 0.6 is 0 Å². The molecular weight excluding hydrogens is 359 g/mol. The summed E-state index contributed by atoms with van der Waals surface area (Å²) in [5, 5.41) is 4.04. The number of H-pyrrole nitrogens is 1. The summed E-state index contributed by atoms with van der Waals surface area (Å²) in [5.41, 5.74) is 3.86. The van der Waals surface area contributed by atoms with Crippen LogP contribution in [0.5, 0.6) is 11.5 Å². The molecule has 0 aliphatic heterocycles. The summed E-state index contributed by atoms with van der Waals surface area (Å²) in [5.74, 6) is 0.933. The Bertz CT molecular complexity index is 1030. The van der Waals surface area contributed by atoms with E-state index in [0.29, 0.717) is 11.5 Å². The highest BCUT2D eigenvalue weighted by molar-refractivity contribution is 5.86. The van der Waals surface area contributed by atoms with Crippen molar-refractivity contribution < 1.29 is 18.7 Å². The predicted molar refractivity (Wildman–Crippen MR) is 105 cm³/mol. The van der Waals surface area contributed by atoms with Crippen molar-refractivity contribution in [2.24, 2.45) is 0 Å². The van der Waals surface area contributed by atoms with E-state index in [0.717, 1.165) is 47.0 Å². The van der Waals surface area contributed by atoms with Gasteiger partial charge in [-0.3, -0.25) is 4.79 Å². The molecular formula is C22H23FN2O3. The number of halogens is 1. The number of benzene rings is 2. The average Bonchev–Trinajstić information content (AvgIpc) is 3.07. The summed E-state index contributed by atoms with van der Waals surface area (Å²) < 4.78 is 24.2. The van der Waals surface area contributed by atoms with E-state index in [1.165, 1.54) is 6.07 Å². The minimum Gasteiger partial charge on any atom is -0.493 e. The van der Waals surface area contributed by atoms with Crippen LogP contribution in [0.2, 0.25) is 0 Å². The highest BCUT2D eigenvalue weighted by Crippen LogP contribution is 2.35. The SMILES string of the molecule is COc1ccc(CC(=O)NC2CCCc3c2[nH]c2ccc(F)cc32)cc1OC. The van der Waals surface area contributed by atoms with E-state index in [1.807, 2.05) is 12.1 Å². The quantitative estimate of drug-likeness (QED) is 0.699. The Balaban J connectivity index is 1.53. The van der Waals surface area contributed by atoms with Gasteiger partial charge in [0.1, 0.15) is 5.82 Å². The maximum absolute atomic E-state index is 13.6. The van der Waals surface area contributed by atoms with E-state index >= 15 is 0 Å². The van der Waals surface area contributed by atoms with Gasteiger partial charge >= 0.3 is 0 Å². The number of hydrogen-bond acceptors (Lipinski definition) is 3. The number of amides is 1. The third-order valence-electron chi connectivity index (χ3n) is 5.32. The molecule has 0 radical (unpaired) electrons. The van der Waals surface area contributed by atoms with Gasteiger partial charge < -0.3 is 19.8 Å². The van der Waals surface area contributed by atoms with Crippen molar-refractivity contribution in [1.29, 1.82) is 0 Å². The zero-order valence-electron chi connectivity index (χ0n) is 16.0. The molecule has 1 unspecified atom stereocenters. The highest BCUT2D eigenvalue weighted by Gasteiger charge is 2.25. The Morgan fingerprint density at radius 1 is 1.18 bits per heavy atom. The molecule has 3 aromatic rings. The predicted octanol–water partition coefficient (Wildman–Crippen LogP) is 4.06. The number of aromatic nitrogens is 1. The van der Waals surface area contributed by atoms with Crippen LogP contribution in [-0.2, 0) is 17.6 Å². The minimum atomic E-state index is -0.242. The molecule has 1 aliphatic rings. The van der Waals surface area contributed by atoms with Crippen LogP contribution in [0.25, 0.3) is 10.9 Å². The molecule has 5 nitrogen and oxygen atoms in total. The molecule has 2 N–H and O–H groups in total. The summed E-state index contributed by atoms with van der Waals surface area (Å²) in [6, 6.07) is 10.2. The first-order valence-corrected chi connectivity index (χ1v) is 9.39. The Labute approximate surface area is 162 Å². The molecule has 28 heavy (non-hydrogen) atoms. The van der Waals surface area contributed by atoms with Gasteiger partial charge in [-0.25, -0.2) is 4.39 Å². The number of carbonyl (C=O) groups is 1. The number of methoxy groups -OCH3 is 2. The summed E-state index contributed by atoms with van der Waals surface area (Å²) in [7, 11) is 3.15. The molecule has 1 aliphatic carbocycles. The van der Waals surface area contributed by atoms with E-state index < -0.39 is 0 Å². The molecule has 0 fully saturated rings. The number of aryl methyl sites for hydroxylation is 1. The number of fused-ring (bicyclic) bond motifs is 3. The minimum absolute atomic E-state index is 0.0603. The topological polar surface area (TPSA) is 63.3 Å². The molecule has 2 aromatic carbocycles. The summed E-state index contributed by atoms with van der Waals surface area (Å²) in [6.45, 7) is 0. The second-order valence-electron chi connectivity index (χ2n) is 7.09. The molecule has 1 heterocycles. The van der Waals surface area contributed by atoms with Crippen molar-refractivity contribution >= 4 is 16.8 Å². The first-order valence-electron chi connectivity index (χ1n) is 9.39. The third kappa shape index (κ3) is 3.42. The maximum Gasteiger partial charge on any atom is 0.224 e. The van der Waals surface area contributed by atoms with Crippen LogP contribution in [0.3, 0.4) is 0 Å². The molecule has 0 bridgehead atoms. The molecule has 1 atom stereocenters. The molecule has 0 spiro atoms. The maximum atomic E-state index is 13.6. The van der Waals surface area contributed by atoms with Crippen LogP contribution in [0.1, 0.15) is 35.7 Å². The molecule has 1 aromatic heterocycles. The van der Waals surface area contributed by atoms with Gasteiger partial charge in [0.2, 0.25) is 5.91 Å². The number of hydrogen-bond donors (Lipinski definition) is 2. The standard InChI is InChI=1S/C22H23FN2O3/c1-27-19-9-6-13(10-20(19)28-2)11-21(26)24-18-5-3-4-15-16-12-14(23)7-8-17(16)25-22(15)18/h6-10,12,18,25H,3-5,11H2,1-2H3,(H,24,26).